The summed E-state index contributed by atoms with van der Waals surface area (Å²) in [5.41, 5.74) is -0.264. The molecule has 0 fully saturated rings. The summed E-state index contributed by atoms with van der Waals surface area (Å²) in [4.78, 5) is 24.3. The Balaban J connectivity index is 2.03. The van der Waals surface area contributed by atoms with Crippen LogP contribution in [0, 0.1) is 17.1 Å². The van der Waals surface area contributed by atoms with Crippen LogP contribution in [-0.4, -0.2) is 38.6 Å². The number of carbonyl (C=O) groups excluding carboxylic acids is 2. The molecule has 0 saturated carbocycles. The van der Waals surface area contributed by atoms with Gasteiger partial charge >= 0.3 is 0 Å². The smallest absolute Gasteiger partial charge is 0.198 e. The minimum absolute atomic E-state index is 0.0989. The van der Waals surface area contributed by atoms with E-state index < -0.39 is 51.9 Å². The molecule has 0 bridgehead atoms. The molecule has 2 aliphatic carbocycles. The third-order valence-corrected chi connectivity index (χ3v) is 6.75. The largest absolute Gasteiger partial charge is 0.291 e. The van der Waals surface area contributed by atoms with Crippen molar-refractivity contribution in [1.82, 2.24) is 0 Å². The predicted molar refractivity (Wildman–Crippen MR) is 99.3 cm³/mol. The highest BCUT2D eigenvalue weighted by Gasteiger charge is 2.42. The molecule has 154 valence electrons. The highest BCUT2D eigenvalue weighted by Crippen LogP contribution is 2.44. The standard InChI is InChI=1S/C21H14F3NO4S/c1-30(28,29)17-3-2-11(13-7-16(24)21(27)19(13)17)12-6-15(23)20(26)14-5-10(22)4-9(8-25)18(12)14/h2-5,12,15-16H,6-7H2,1H3/t12-,15+,16-/m1/s1. The molecular weight excluding hydrogens is 419 g/mol. The molecule has 2 aromatic carbocycles. The van der Waals surface area contributed by atoms with Gasteiger partial charge in [-0.3, -0.25) is 9.59 Å². The Labute approximate surface area is 170 Å². The van der Waals surface area contributed by atoms with E-state index in [1.165, 1.54) is 6.07 Å². The van der Waals surface area contributed by atoms with Crippen molar-refractivity contribution in [2.75, 3.05) is 6.26 Å². The maximum Gasteiger partial charge on any atom is 0.198 e. The fourth-order valence-corrected chi connectivity index (χ4v) is 5.28. The quantitative estimate of drug-likeness (QED) is 0.725. The summed E-state index contributed by atoms with van der Waals surface area (Å²) >= 11 is 0. The second-order valence-electron chi connectivity index (χ2n) is 7.46. The monoisotopic (exact) mass is 433 g/mol. The first kappa shape index (κ1) is 20.3. The number of Topliss-reactive ketones (excluding diaryl/α,β-unsaturated/α-hetero) is 2. The van der Waals surface area contributed by atoms with Gasteiger partial charge in [0.1, 0.15) is 5.82 Å². The van der Waals surface area contributed by atoms with Crippen molar-refractivity contribution in [3.05, 3.63) is 63.5 Å². The zero-order valence-corrected chi connectivity index (χ0v) is 16.4. The number of nitrogens with zero attached hydrogens (tertiary/aromatic N) is 1. The van der Waals surface area contributed by atoms with Gasteiger partial charge in [-0.2, -0.15) is 5.26 Å². The first-order valence-electron chi connectivity index (χ1n) is 9.00. The molecule has 3 atom stereocenters. The first-order valence-corrected chi connectivity index (χ1v) is 10.9. The molecule has 0 saturated heterocycles. The van der Waals surface area contributed by atoms with Crippen LogP contribution in [-0.2, 0) is 16.3 Å². The van der Waals surface area contributed by atoms with Crippen LogP contribution >= 0.6 is 0 Å². The van der Waals surface area contributed by atoms with E-state index in [9.17, 15) is 36.4 Å². The Hall–Kier alpha value is -2.99. The van der Waals surface area contributed by atoms with E-state index in [0.29, 0.717) is 0 Å². The molecule has 4 rings (SSSR count). The Morgan fingerprint density at radius 1 is 1.10 bits per heavy atom. The van der Waals surface area contributed by atoms with E-state index in [4.69, 9.17) is 0 Å². The van der Waals surface area contributed by atoms with Crippen LogP contribution in [0.5, 0.6) is 0 Å². The van der Waals surface area contributed by atoms with Crippen LogP contribution in [0.4, 0.5) is 13.2 Å². The highest BCUT2D eigenvalue weighted by atomic mass is 32.2. The molecular formula is C21H14F3NO4S. The average molecular weight is 433 g/mol. The van der Waals surface area contributed by atoms with Gasteiger partial charge in [0.15, 0.2) is 33.7 Å². The second kappa shape index (κ2) is 6.77. The van der Waals surface area contributed by atoms with Gasteiger partial charge in [-0.1, -0.05) is 6.07 Å². The van der Waals surface area contributed by atoms with Gasteiger partial charge in [-0.25, -0.2) is 21.6 Å². The van der Waals surface area contributed by atoms with Gasteiger partial charge in [0.05, 0.1) is 16.5 Å². The van der Waals surface area contributed by atoms with Crippen LogP contribution in [0.25, 0.3) is 0 Å². The number of benzene rings is 2. The van der Waals surface area contributed by atoms with Crippen molar-refractivity contribution in [1.29, 1.82) is 5.26 Å². The van der Waals surface area contributed by atoms with Crippen molar-refractivity contribution >= 4 is 21.4 Å². The molecule has 0 unspecified atom stereocenters. The van der Waals surface area contributed by atoms with E-state index in [0.717, 1.165) is 24.5 Å². The van der Waals surface area contributed by atoms with Crippen LogP contribution < -0.4 is 0 Å². The van der Waals surface area contributed by atoms with E-state index in [2.05, 4.69) is 0 Å². The number of hydrogen-bond donors (Lipinski definition) is 0. The van der Waals surface area contributed by atoms with Crippen LogP contribution in [0.2, 0.25) is 0 Å². The zero-order chi connectivity index (χ0) is 22.0. The number of carbonyl (C=O) groups is 2. The number of ketones is 2. The Bertz CT molecular complexity index is 1280. The summed E-state index contributed by atoms with van der Waals surface area (Å²) in [6, 6.07) is 6.08. The van der Waals surface area contributed by atoms with E-state index in [1.807, 2.05) is 0 Å². The number of hydrogen-bond acceptors (Lipinski definition) is 5. The normalized spacial score (nSPS) is 23.1. The van der Waals surface area contributed by atoms with Gasteiger partial charge in [0.2, 0.25) is 0 Å². The third-order valence-electron chi connectivity index (χ3n) is 5.61. The SMILES string of the molecule is CS(=O)(=O)c1ccc([C@H]2C[C@H](F)C(=O)c3cc(F)cc(C#N)c32)c2c1C(=O)[C@H](F)C2. The molecule has 0 spiro atoms. The number of alkyl halides is 2. The first-order chi connectivity index (χ1) is 14.0. The Morgan fingerprint density at radius 3 is 2.43 bits per heavy atom. The van der Waals surface area contributed by atoms with Crippen LogP contribution in [0.15, 0.2) is 29.2 Å². The van der Waals surface area contributed by atoms with Gasteiger partial charge in [0.25, 0.3) is 0 Å². The van der Waals surface area contributed by atoms with E-state index in [-0.39, 0.29) is 44.7 Å². The van der Waals surface area contributed by atoms with Crippen molar-refractivity contribution < 1.29 is 31.2 Å². The molecule has 2 aromatic rings. The fourth-order valence-electron chi connectivity index (χ4n) is 4.37. The minimum atomic E-state index is -3.85. The van der Waals surface area contributed by atoms with Gasteiger partial charge in [-0.15, -0.1) is 0 Å². The number of rotatable bonds is 2. The van der Waals surface area contributed by atoms with Crippen LogP contribution in [0.3, 0.4) is 0 Å². The minimum Gasteiger partial charge on any atom is -0.291 e. The summed E-state index contributed by atoms with van der Waals surface area (Å²) < 4.78 is 66.9. The maximum absolute atomic E-state index is 14.5. The molecule has 0 radical (unpaired) electrons. The zero-order valence-electron chi connectivity index (χ0n) is 15.6. The second-order valence-corrected chi connectivity index (χ2v) is 9.45. The Morgan fingerprint density at radius 2 is 1.80 bits per heavy atom. The van der Waals surface area contributed by atoms with Gasteiger partial charge in [0, 0.05) is 29.7 Å². The Kier molecular flexibility index (Phi) is 4.58. The van der Waals surface area contributed by atoms with Crippen molar-refractivity contribution in [2.24, 2.45) is 0 Å². The highest BCUT2D eigenvalue weighted by molar-refractivity contribution is 7.90. The molecule has 0 N–H and O–H groups in total. The number of sulfone groups is 1. The van der Waals surface area contributed by atoms with E-state index in [1.54, 1.807) is 6.07 Å². The lowest BCUT2D eigenvalue weighted by atomic mass is 9.74. The lowest BCUT2D eigenvalue weighted by Crippen LogP contribution is -2.29. The summed E-state index contributed by atoms with van der Waals surface area (Å²) in [7, 11) is -3.85. The molecule has 0 heterocycles. The van der Waals surface area contributed by atoms with Crippen LogP contribution in [0.1, 0.15) is 55.3 Å². The number of halogens is 3. The fraction of sp³-hybridized carbons (Fsp3) is 0.286. The maximum atomic E-state index is 14.5. The number of nitriles is 1. The summed E-state index contributed by atoms with van der Waals surface area (Å²) in [5, 5.41) is 9.45. The van der Waals surface area contributed by atoms with Crippen molar-refractivity contribution in [2.45, 2.75) is 36.0 Å². The third kappa shape index (κ3) is 2.94. The van der Waals surface area contributed by atoms with Gasteiger partial charge in [-0.05, 0) is 41.3 Å². The van der Waals surface area contributed by atoms with E-state index >= 15 is 0 Å². The molecule has 0 aliphatic heterocycles. The predicted octanol–water partition coefficient (Wildman–Crippen LogP) is 3.23. The molecule has 30 heavy (non-hydrogen) atoms. The van der Waals surface area contributed by atoms with Crippen molar-refractivity contribution in [3.8, 4) is 6.07 Å². The van der Waals surface area contributed by atoms with Gasteiger partial charge < -0.3 is 0 Å². The topological polar surface area (TPSA) is 92.1 Å². The number of fused-ring (bicyclic) bond motifs is 2. The molecule has 5 nitrogen and oxygen atoms in total. The summed E-state index contributed by atoms with van der Waals surface area (Å²) in [6.07, 6.45) is -3.83. The average Bonchev–Trinajstić information content (AvgIpc) is 2.97. The van der Waals surface area contributed by atoms with Crippen molar-refractivity contribution in [3.63, 3.8) is 0 Å². The lowest BCUT2D eigenvalue weighted by molar-refractivity contribution is 0.0847. The molecule has 0 amide bonds. The summed E-state index contributed by atoms with van der Waals surface area (Å²) in [6.45, 7) is 0. The molecule has 9 heteroatoms. The molecule has 2 aliphatic rings. The molecule has 0 aromatic heterocycles. The lowest BCUT2D eigenvalue weighted by Gasteiger charge is -2.30. The summed E-state index contributed by atoms with van der Waals surface area (Å²) in [5.74, 6) is -3.75.